The largest absolute Gasteiger partial charge is 0.219 e. The van der Waals surface area contributed by atoms with E-state index in [0.717, 1.165) is 12.2 Å². The van der Waals surface area contributed by atoms with Crippen molar-refractivity contribution >= 4 is 17.2 Å². The van der Waals surface area contributed by atoms with Crippen LogP contribution in [0.1, 0.15) is 17.0 Å². The van der Waals surface area contributed by atoms with Gasteiger partial charge >= 0.3 is 0 Å². The van der Waals surface area contributed by atoms with Gasteiger partial charge in [0, 0.05) is 12.6 Å². The van der Waals surface area contributed by atoms with Crippen LogP contribution in [0.15, 0.2) is 42.6 Å². The van der Waals surface area contributed by atoms with Crippen molar-refractivity contribution in [2.45, 2.75) is 13.3 Å². The second-order valence-corrected chi connectivity index (χ2v) is 4.73. The fraction of sp³-hybridized carbons (Fsp3) is 0.143. The molecule has 90 valence electrons. The summed E-state index contributed by atoms with van der Waals surface area (Å²) in [5, 5.41) is 5.05. The van der Waals surface area contributed by atoms with Crippen LogP contribution in [-0.2, 0) is 6.42 Å². The van der Waals surface area contributed by atoms with Crippen LogP contribution < -0.4 is 0 Å². The zero-order chi connectivity index (χ0) is 12.5. The van der Waals surface area contributed by atoms with E-state index in [9.17, 15) is 0 Å². The second-order valence-electron chi connectivity index (χ2n) is 4.32. The standard InChI is InChI=1S/C14H12ClN3/c1-10-4-2-5-11(8-10)9-13-16-14-12(15)6-3-7-18(14)17-13/h2-8H,9H2,1H3. The molecule has 18 heavy (non-hydrogen) atoms. The van der Waals surface area contributed by atoms with Crippen molar-refractivity contribution < 1.29 is 0 Å². The first-order valence-electron chi connectivity index (χ1n) is 5.78. The van der Waals surface area contributed by atoms with Crippen LogP contribution in [0.4, 0.5) is 0 Å². The zero-order valence-corrected chi connectivity index (χ0v) is 10.7. The van der Waals surface area contributed by atoms with Gasteiger partial charge in [0.15, 0.2) is 11.5 Å². The van der Waals surface area contributed by atoms with Gasteiger partial charge in [-0.3, -0.25) is 0 Å². The maximum Gasteiger partial charge on any atom is 0.174 e. The maximum atomic E-state index is 6.08. The minimum absolute atomic E-state index is 0.625. The first-order valence-corrected chi connectivity index (χ1v) is 6.15. The number of aromatic nitrogens is 3. The number of aryl methyl sites for hydroxylation is 1. The maximum absolute atomic E-state index is 6.08. The van der Waals surface area contributed by atoms with Gasteiger partial charge in [-0.15, -0.1) is 0 Å². The summed E-state index contributed by atoms with van der Waals surface area (Å²) in [5.74, 6) is 0.786. The topological polar surface area (TPSA) is 30.2 Å². The summed E-state index contributed by atoms with van der Waals surface area (Å²) in [4.78, 5) is 4.46. The lowest BCUT2D eigenvalue weighted by atomic mass is 10.1. The van der Waals surface area contributed by atoms with E-state index in [2.05, 4.69) is 35.2 Å². The van der Waals surface area contributed by atoms with Crippen molar-refractivity contribution in [1.29, 1.82) is 0 Å². The molecule has 0 unspecified atom stereocenters. The molecule has 0 spiro atoms. The van der Waals surface area contributed by atoms with Gasteiger partial charge in [-0.2, -0.15) is 5.10 Å². The molecule has 3 nitrogen and oxygen atoms in total. The molecule has 4 heteroatoms. The monoisotopic (exact) mass is 257 g/mol. The van der Waals surface area contributed by atoms with Crippen molar-refractivity contribution in [2.24, 2.45) is 0 Å². The number of hydrogen-bond acceptors (Lipinski definition) is 2. The highest BCUT2D eigenvalue weighted by atomic mass is 35.5. The van der Waals surface area contributed by atoms with Crippen molar-refractivity contribution in [2.75, 3.05) is 0 Å². The first-order chi connectivity index (χ1) is 8.72. The van der Waals surface area contributed by atoms with Crippen LogP contribution in [0.5, 0.6) is 0 Å². The van der Waals surface area contributed by atoms with Crippen molar-refractivity contribution in [3.8, 4) is 0 Å². The Bertz CT molecular complexity index is 703. The third-order valence-electron chi connectivity index (χ3n) is 2.80. The number of fused-ring (bicyclic) bond motifs is 1. The van der Waals surface area contributed by atoms with E-state index in [0.29, 0.717) is 10.7 Å². The van der Waals surface area contributed by atoms with Gasteiger partial charge in [0.05, 0.1) is 5.02 Å². The molecule has 3 aromatic rings. The quantitative estimate of drug-likeness (QED) is 0.705. The van der Waals surface area contributed by atoms with Crippen LogP contribution in [0.25, 0.3) is 5.65 Å². The summed E-state index contributed by atoms with van der Waals surface area (Å²) in [5.41, 5.74) is 3.16. The van der Waals surface area contributed by atoms with E-state index in [-0.39, 0.29) is 0 Å². The van der Waals surface area contributed by atoms with E-state index in [4.69, 9.17) is 11.6 Å². The molecule has 0 aliphatic heterocycles. The van der Waals surface area contributed by atoms with Crippen LogP contribution >= 0.6 is 11.6 Å². The van der Waals surface area contributed by atoms with Crippen molar-refractivity contribution in [3.63, 3.8) is 0 Å². The van der Waals surface area contributed by atoms with Crippen LogP contribution in [0.2, 0.25) is 5.02 Å². The molecule has 0 aliphatic carbocycles. The summed E-state index contributed by atoms with van der Waals surface area (Å²) < 4.78 is 1.72. The molecule has 0 saturated carbocycles. The number of pyridine rings is 1. The van der Waals surface area contributed by atoms with Gasteiger partial charge in [-0.25, -0.2) is 9.50 Å². The Balaban J connectivity index is 1.98. The van der Waals surface area contributed by atoms with Gasteiger partial charge in [0.2, 0.25) is 0 Å². The smallest absolute Gasteiger partial charge is 0.174 e. The third kappa shape index (κ3) is 2.09. The Morgan fingerprint density at radius 1 is 1.22 bits per heavy atom. The number of halogens is 1. The number of hydrogen-bond donors (Lipinski definition) is 0. The van der Waals surface area contributed by atoms with Gasteiger partial charge in [0.1, 0.15) is 0 Å². The number of rotatable bonds is 2. The Morgan fingerprint density at radius 2 is 2.11 bits per heavy atom. The molecular weight excluding hydrogens is 246 g/mol. The van der Waals surface area contributed by atoms with Crippen LogP contribution in [0.3, 0.4) is 0 Å². The highest BCUT2D eigenvalue weighted by Gasteiger charge is 2.07. The molecular formula is C14H12ClN3. The number of nitrogens with zero attached hydrogens (tertiary/aromatic N) is 3. The zero-order valence-electron chi connectivity index (χ0n) is 9.97. The predicted octanol–water partition coefficient (Wildman–Crippen LogP) is 3.28. The van der Waals surface area contributed by atoms with E-state index in [1.807, 2.05) is 24.4 Å². The Kier molecular flexibility index (Phi) is 2.76. The van der Waals surface area contributed by atoms with Crippen LogP contribution in [-0.4, -0.2) is 14.6 Å². The van der Waals surface area contributed by atoms with Crippen molar-refractivity contribution in [3.05, 3.63) is 64.6 Å². The Morgan fingerprint density at radius 3 is 2.89 bits per heavy atom. The summed E-state index contributed by atoms with van der Waals surface area (Å²) in [6, 6.07) is 12.0. The molecule has 3 rings (SSSR count). The molecule has 0 fully saturated rings. The lowest BCUT2D eigenvalue weighted by molar-refractivity contribution is 0.899. The molecule has 2 aromatic heterocycles. The summed E-state index contributed by atoms with van der Waals surface area (Å²) in [6.07, 6.45) is 2.58. The molecule has 0 bridgehead atoms. The molecule has 0 atom stereocenters. The molecule has 0 saturated heterocycles. The lowest BCUT2D eigenvalue weighted by Crippen LogP contribution is -1.92. The molecule has 0 radical (unpaired) electrons. The van der Waals surface area contributed by atoms with E-state index in [1.165, 1.54) is 11.1 Å². The fourth-order valence-electron chi connectivity index (χ4n) is 2.00. The fourth-order valence-corrected chi connectivity index (χ4v) is 2.20. The van der Waals surface area contributed by atoms with Gasteiger partial charge in [-0.1, -0.05) is 41.4 Å². The molecule has 0 N–H and O–H groups in total. The summed E-state index contributed by atoms with van der Waals surface area (Å²) in [7, 11) is 0. The first kappa shape index (κ1) is 11.2. The third-order valence-corrected chi connectivity index (χ3v) is 3.10. The SMILES string of the molecule is Cc1cccc(Cc2nc3c(Cl)cccn3n2)c1. The minimum Gasteiger partial charge on any atom is -0.219 e. The molecule has 0 amide bonds. The van der Waals surface area contributed by atoms with Gasteiger partial charge < -0.3 is 0 Å². The van der Waals surface area contributed by atoms with Gasteiger partial charge in [0.25, 0.3) is 0 Å². The highest BCUT2D eigenvalue weighted by molar-refractivity contribution is 6.33. The molecule has 2 heterocycles. The van der Waals surface area contributed by atoms with Gasteiger partial charge in [-0.05, 0) is 24.6 Å². The average molecular weight is 258 g/mol. The normalized spacial score (nSPS) is 11.0. The second kappa shape index (κ2) is 4.42. The van der Waals surface area contributed by atoms with E-state index >= 15 is 0 Å². The lowest BCUT2D eigenvalue weighted by Gasteiger charge is -1.98. The molecule has 1 aromatic carbocycles. The van der Waals surface area contributed by atoms with E-state index < -0.39 is 0 Å². The van der Waals surface area contributed by atoms with E-state index in [1.54, 1.807) is 4.52 Å². The molecule has 0 aliphatic rings. The minimum atomic E-state index is 0.625. The average Bonchev–Trinajstić information content (AvgIpc) is 2.73. The highest BCUT2D eigenvalue weighted by Crippen LogP contribution is 2.16. The van der Waals surface area contributed by atoms with Crippen molar-refractivity contribution in [1.82, 2.24) is 14.6 Å². The number of benzene rings is 1. The summed E-state index contributed by atoms with van der Waals surface area (Å²) >= 11 is 6.08. The predicted molar refractivity (Wildman–Crippen MR) is 72.0 cm³/mol. The Labute approximate surface area is 110 Å². The van der Waals surface area contributed by atoms with Crippen LogP contribution in [0, 0.1) is 6.92 Å². The summed E-state index contributed by atoms with van der Waals surface area (Å²) in [6.45, 7) is 2.08. The Hall–Kier alpha value is -1.87.